The summed E-state index contributed by atoms with van der Waals surface area (Å²) in [6.07, 6.45) is 3.35. The molecule has 2 rings (SSSR count). The second-order valence-electron chi connectivity index (χ2n) is 5.97. The van der Waals surface area contributed by atoms with Crippen LogP contribution in [-0.4, -0.2) is 18.6 Å². The van der Waals surface area contributed by atoms with Crippen molar-refractivity contribution >= 4 is 5.91 Å². The lowest BCUT2D eigenvalue weighted by atomic mass is 9.80. The topological polar surface area (TPSA) is 62.1 Å². The molecule has 1 amide bonds. The third kappa shape index (κ3) is 4.22. The van der Waals surface area contributed by atoms with Crippen LogP contribution in [0.2, 0.25) is 0 Å². The Hall–Kier alpha value is -2.02. The molecule has 1 aliphatic rings. The summed E-state index contributed by atoms with van der Waals surface area (Å²) in [5.41, 5.74) is 0.449. The third-order valence-electron chi connectivity index (χ3n) is 4.14. The first kappa shape index (κ1) is 15.4. The first-order chi connectivity index (χ1) is 10.1. The Morgan fingerprint density at radius 3 is 2.86 bits per heavy atom. The lowest BCUT2D eigenvalue weighted by Crippen LogP contribution is -2.44. The maximum absolute atomic E-state index is 12.0. The zero-order valence-electron chi connectivity index (χ0n) is 12.6. The molecule has 0 heterocycles. The fourth-order valence-corrected chi connectivity index (χ4v) is 2.96. The number of carbonyl (C=O) groups excluding carboxylic acids is 1. The van der Waals surface area contributed by atoms with Gasteiger partial charge in [0.2, 0.25) is 0 Å². The number of nitrogens with zero attached hydrogens (tertiary/aromatic N) is 1. The van der Waals surface area contributed by atoms with Crippen molar-refractivity contribution in [3.63, 3.8) is 0 Å². The minimum atomic E-state index is -0.117. The molecule has 1 N–H and O–H groups in total. The monoisotopic (exact) mass is 286 g/mol. The second-order valence-corrected chi connectivity index (χ2v) is 5.97. The van der Waals surface area contributed by atoms with Crippen LogP contribution in [0, 0.1) is 23.2 Å². The van der Waals surface area contributed by atoms with E-state index in [2.05, 4.69) is 25.2 Å². The molecule has 21 heavy (non-hydrogen) atoms. The zero-order valence-corrected chi connectivity index (χ0v) is 12.6. The van der Waals surface area contributed by atoms with E-state index in [4.69, 9.17) is 10.00 Å². The van der Waals surface area contributed by atoms with Crippen LogP contribution in [0.4, 0.5) is 0 Å². The summed E-state index contributed by atoms with van der Waals surface area (Å²) in [7, 11) is 0. The molecule has 3 unspecified atom stereocenters. The highest BCUT2D eigenvalue weighted by molar-refractivity contribution is 5.78. The first-order valence-electron chi connectivity index (χ1n) is 7.51. The van der Waals surface area contributed by atoms with E-state index in [-0.39, 0.29) is 18.6 Å². The lowest BCUT2D eigenvalue weighted by molar-refractivity contribution is -0.124. The molecule has 4 heteroatoms. The summed E-state index contributed by atoms with van der Waals surface area (Å²) < 4.78 is 5.45. The van der Waals surface area contributed by atoms with Crippen LogP contribution in [0.3, 0.4) is 0 Å². The number of carbonyl (C=O) groups is 1. The van der Waals surface area contributed by atoms with Gasteiger partial charge in [0, 0.05) is 6.04 Å². The Balaban J connectivity index is 1.84. The van der Waals surface area contributed by atoms with Gasteiger partial charge >= 0.3 is 0 Å². The average Bonchev–Trinajstić information content (AvgIpc) is 2.48. The minimum absolute atomic E-state index is 0.0442. The average molecular weight is 286 g/mol. The van der Waals surface area contributed by atoms with Crippen molar-refractivity contribution in [1.82, 2.24) is 5.32 Å². The standard InChI is InChI=1S/C17H22N2O2/c1-12-7-8-15(13(2)9-12)19-17(20)11-21-16-6-4-3-5-14(16)10-18/h3-6,12-13,15H,7-9,11H2,1-2H3,(H,19,20). The van der Waals surface area contributed by atoms with Gasteiger partial charge in [-0.1, -0.05) is 26.0 Å². The van der Waals surface area contributed by atoms with Crippen LogP contribution >= 0.6 is 0 Å². The highest BCUT2D eigenvalue weighted by Crippen LogP contribution is 2.28. The van der Waals surface area contributed by atoms with Gasteiger partial charge in [0.1, 0.15) is 11.8 Å². The predicted molar refractivity (Wildman–Crippen MR) is 80.8 cm³/mol. The van der Waals surface area contributed by atoms with E-state index >= 15 is 0 Å². The number of rotatable bonds is 4. The molecule has 0 saturated heterocycles. The molecule has 0 spiro atoms. The van der Waals surface area contributed by atoms with Crippen LogP contribution in [0.25, 0.3) is 0 Å². The molecule has 0 radical (unpaired) electrons. The van der Waals surface area contributed by atoms with Gasteiger partial charge in [-0.3, -0.25) is 4.79 Å². The van der Waals surface area contributed by atoms with Crippen molar-refractivity contribution in [1.29, 1.82) is 5.26 Å². The van der Waals surface area contributed by atoms with Gasteiger partial charge in [-0.2, -0.15) is 5.26 Å². The van der Waals surface area contributed by atoms with Crippen LogP contribution in [-0.2, 0) is 4.79 Å². The molecule has 1 aromatic carbocycles. The summed E-state index contributed by atoms with van der Waals surface area (Å²) in [6.45, 7) is 4.40. The molecule has 1 aromatic rings. The predicted octanol–water partition coefficient (Wildman–Crippen LogP) is 2.88. The van der Waals surface area contributed by atoms with Crippen molar-refractivity contribution in [3.05, 3.63) is 29.8 Å². The molecule has 3 atom stereocenters. The van der Waals surface area contributed by atoms with Crippen molar-refractivity contribution in [2.75, 3.05) is 6.61 Å². The van der Waals surface area contributed by atoms with Gasteiger partial charge in [-0.25, -0.2) is 0 Å². The van der Waals surface area contributed by atoms with E-state index in [1.807, 2.05) is 0 Å². The first-order valence-corrected chi connectivity index (χ1v) is 7.51. The third-order valence-corrected chi connectivity index (χ3v) is 4.14. The van der Waals surface area contributed by atoms with Crippen molar-refractivity contribution in [2.24, 2.45) is 11.8 Å². The Morgan fingerprint density at radius 1 is 1.38 bits per heavy atom. The molecule has 0 aliphatic heterocycles. The molecular formula is C17H22N2O2. The number of benzene rings is 1. The number of hydrogen-bond acceptors (Lipinski definition) is 3. The molecular weight excluding hydrogens is 264 g/mol. The van der Waals surface area contributed by atoms with Gasteiger partial charge in [-0.15, -0.1) is 0 Å². The molecule has 1 aliphatic carbocycles. The van der Waals surface area contributed by atoms with Crippen molar-refractivity contribution in [3.8, 4) is 11.8 Å². The zero-order chi connectivity index (χ0) is 15.2. The summed E-state index contributed by atoms with van der Waals surface area (Å²) in [6, 6.07) is 9.24. The van der Waals surface area contributed by atoms with E-state index in [1.54, 1.807) is 24.3 Å². The minimum Gasteiger partial charge on any atom is -0.482 e. The van der Waals surface area contributed by atoms with Crippen LogP contribution in [0.5, 0.6) is 5.75 Å². The Bertz CT molecular complexity index is 536. The van der Waals surface area contributed by atoms with Crippen LogP contribution in [0.1, 0.15) is 38.7 Å². The molecule has 1 fully saturated rings. The summed E-state index contributed by atoms with van der Waals surface area (Å²) in [4.78, 5) is 12.0. The highest BCUT2D eigenvalue weighted by atomic mass is 16.5. The normalized spacial score (nSPS) is 24.9. The summed E-state index contributed by atoms with van der Waals surface area (Å²) >= 11 is 0. The highest BCUT2D eigenvalue weighted by Gasteiger charge is 2.26. The molecule has 0 aromatic heterocycles. The van der Waals surface area contributed by atoms with E-state index in [9.17, 15) is 4.79 Å². The largest absolute Gasteiger partial charge is 0.482 e. The second kappa shape index (κ2) is 7.12. The fourth-order valence-electron chi connectivity index (χ4n) is 2.96. The molecule has 0 bridgehead atoms. The lowest BCUT2D eigenvalue weighted by Gasteiger charge is -2.33. The number of nitriles is 1. The maximum atomic E-state index is 12.0. The summed E-state index contributed by atoms with van der Waals surface area (Å²) in [5, 5.41) is 12.0. The van der Waals surface area contributed by atoms with E-state index < -0.39 is 0 Å². The van der Waals surface area contributed by atoms with E-state index in [0.29, 0.717) is 17.2 Å². The van der Waals surface area contributed by atoms with Gasteiger partial charge < -0.3 is 10.1 Å². The maximum Gasteiger partial charge on any atom is 0.258 e. The quantitative estimate of drug-likeness (QED) is 0.925. The molecule has 1 saturated carbocycles. The van der Waals surface area contributed by atoms with Gasteiger partial charge in [0.15, 0.2) is 6.61 Å². The number of hydrogen-bond donors (Lipinski definition) is 1. The Kier molecular flexibility index (Phi) is 5.21. The van der Waals surface area contributed by atoms with E-state index in [1.165, 1.54) is 0 Å². The number of ether oxygens (including phenoxy) is 1. The number of nitrogens with one attached hydrogen (secondary N) is 1. The smallest absolute Gasteiger partial charge is 0.258 e. The number of para-hydroxylation sites is 1. The number of amides is 1. The SMILES string of the molecule is CC1CCC(NC(=O)COc2ccccc2C#N)C(C)C1. The molecule has 112 valence electrons. The van der Waals surface area contributed by atoms with Gasteiger partial charge in [-0.05, 0) is 43.2 Å². The van der Waals surface area contributed by atoms with E-state index in [0.717, 1.165) is 25.2 Å². The van der Waals surface area contributed by atoms with Gasteiger partial charge in [0.25, 0.3) is 5.91 Å². The Labute approximate surface area is 126 Å². The fraction of sp³-hybridized carbons (Fsp3) is 0.529. The Morgan fingerprint density at radius 2 is 2.14 bits per heavy atom. The summed E-state index contributed by atoms with van der Waals surface area (Å²) in [5.74, 6) is 1.59. The van der Waals surface area contributed by atoms with Crippen LogP contribution < -0.4 is 10.1 Å². The van der Waals surface area contributed by atoms with Crippen LogP contribution in [0.15, 0.2) is 24.3 Å². The van der Waals surface area contributed by atoms with Crippen molar-refractivity contribution in [2.45, 2.75) is 39.2 Å². The van der Waals surface area contributed by atoms with Crippen molar-refractivity contribution < 1.29 is 9.53 Å². The molecule has 4 nitrogen and oxygen atoms in total. The van der Waals surface area contributed by atoms with Gasteiger partial charge in [0.05, 0.1) is 5.56 Å².